The van der Waals surface area contributed by atoms with Gasteiger partial charge in [-0.15, -0.1) is 0 Å². The number of nitrogens with two attached hydrogens (primary N) is 1. The Labute approximate surface area is 128 Å². The fourth-order valence-electron chi connectivity index (χ4n) is 2.78. The molecule has 1 aliphatic carbocycles. The summed E-state index contributed by atoms with van der Waals surface area (Å²) >= 11 is 0. The van der Waals surface area contributed by atoms with Gasteiger partial charge in [0.2, 0.25) is 5.91 Å². The SMILES string of the molecule is CCN(CC(=O)NC(C)(C#N)C(C)C)C1CCC(N)CC1. The summed E-state index contributed by atoms with van der Waals surface area (Å²) in [5.74, 6) is 0.0127. The van der Waals surface area contributed by atoms with Crippen LogP contribution in [-0.2, 0) is 4.79 Å². The molecule has 21 heavy (non-hydrogen) atoms. The Balaban J connectivity index is 2.57. The molecule has 5 nitrogen and oxygen atoms in total. The number of rotatable bonds is 6. The second-order valence-corrected chi connectivity index (χ2v) is 6.65. The number of likely N-dealkylation sites (N-methyl/N-ethyl adjacent to an activating group) is 1. The lowest BCUT2D eigenvalue weighted by Crippen LogP contribution is -2.53. The highest BCUT2D eigenvalue weighted by atomic mass is 16.2. The summed E-state index contributed by atoms with van der Waals surface area (Å²) in [7, 11) is 0. The van der Waals surface area contributed by atoms with E-state index in [1.807, 2.05) is 13.8 Å². The molecular formula is C16H30N4O. The van der Waals surface area contributed by atoms with E-state index in [1.54, 1.807) is 6.92 Å². The third kappa shape index (κ3) is 4.98. The molecule has 0 aromatic rings. The quantitative estimate of drug-likeness (QED) is 0.780. The van der Waals surface area contributed by atoms with Crippen molar-refractivity contribution in [2.75, 3.05) is 13.1 Å². The van der Waals surface area contributed by atoms with Gasteiger partial charge < -0.3 is 11.1 Å². The summed E-state index contributed by atoms with van der Waals surface area (Å²) in [6.45, 7) is 8.96. The number of amides is 1. The zero-order valence-electron chi connectivity index (χ0n) is 13.9. The lowest BCUT2D eigenvalue weighted by molar-refractivity contribution is -0.124. The normalized spacial score (nSPS) is 25.4. The van der Waals surface area contributed by atoms with Gasteiger partial charge in [0.25, 0.3) is 0 Å². The first-order valence-electron chi connectivity index (χ1n) is 8.04. The highest BCUT2D eigenvalue weighted by Crippen LogP contribution is 2.22. The highest BCUT2D eigenvalue weighted by Gasteiger charge is 2.31. The monoisotopic (exact) mass is 294 g/mol. The minimum atomic E-state index is -0.800. The van der Waals surface area contributed by atoms with Crippen molar-refractivity contribution in [3.05, 3.63) is 0 Å². The average molecular weight is 294 g/mol. The molecule has 1 fully saturated rings. The van der Waals surface area contributed by atoms with E-state index >= 15 is 0 Å². The van der Waals surface area contributed by atoms with Gasteiger partial charge in [-0.1, -0.05) is 20.8 Å². The first-order valence-corrected chi connectivity index (χ1v) is 8.04. The molecule has 0 bridgehead atoms. The van der Waals surface area contributed by atoms with Gasteiger partial charge in [0.05, 0.1) is 12.6 Å². The maximum absolute atomic E-state index is 12.3. The minimum absolute atomic E-state index is 0.0653. The van der Waals surface area contributed by atoms with Gasteiger partial charge in [0, 0.05) is 12.1 Å². The summed E-state index contributed by atoms with van der Waals surface area (Å²) < 4.78 is 0. The van der Waals surface area contributed by atoms with Gasteiger partial charge in [-0.05, 0) is 45.1 Å². The van der Waals surface area contributed by atoms with Gasteiger partial charge in [0.15, 0.2) is 0 Å². The van der Waals surface area contributed by atoms with Gasteiger partial charge in [-0.2, -0.15) is 5.26 Å². The van der Waals surface area contributed by atoms with Crippen molar-refractivity contribution >= 4 is 5.91 Å². The van der Waals surface area contributed by atoms with Crippen LogP contribution in [0.1, 0.15) is 53.4 Å². The molecule has 1 saturated carbocycles. The molecule has 0 aliphatic heterocycles. The maximum atomic E-state index is 12.3. The Hall–Kier alpha value is -1.12. The number of nitrogens with zero attached hydrogens (tertiary/aromatic N) is 2. The van der Waals surface area contributed by atoms with E-state index in [2.05, 4.69) is 23.2 Å². The molecule has 0 heterocycles. The third-order valence-corrected chi connectivity index (χ3v) is 4.80. The third-order valence-electron chi connectivity index (χ3n) is 4.80. The van der Waals surface area contributed by atoms with Crippen LogP contribution >= 0.6 is 0 Å². The Morgan fingerprint density at radius 1 is 1.43 bits per heavy atom. The Morgan fingerprint density at radius 2 is 2.00 bits per heavy atom. The largest absolute Gasteiger partial charge is 0.337 e. The van der Waals surface area contributed by atoms with Gasteiger partial charge in [0.1, 0.15) is 5.54 Å². The van der Waals surface area contributed by atoms with E-state index in [0.29, 0.717) is 18.6 Å². The van der Waals surface area contributed by atoms with Crippen LogP contribution in [-0.4, -0.2) is 41.5 Å². The van der Waals surface area contributed by atoms with E-state index in [1.165, 1.54) is 0 Å². The molecule has 0 aromatic carbocycles. The molecule has 3 N–H and O–H groups in total. The molecule has 1 rings (SSSR count). The van der Waals surface area contributed by atoms with E-state index in [4.69, 9.17) is 5.73 Å². The number of nitriles is 1. The number of nitrogens with one attached hydrogen (secondary N) is 1. The summed E-state index contributed by atoms with van der Waals surface area (Å²) in [5.41, 5.74) is 5.14. The summed E-state index contributed by atoms with van der Waals surface area (Å²) in [4.78, 5) is 14.5. The lowest BCUT2D eigenvalue weighted by atomic mass is 9.89. The molecule has 5 heteroatoms. The Bertz CT molecular complexity index is 382. The van der Waals surface area contributed by atoms with Crippen molar-refractivity contribution < 1.29 is 4.79 Å². The lowest BCUT2D eigenvalue weighted by Gasteiger charge is -2.36. The number of carbonyl (C=O) groups excluding carboxylic acids is 1. The van der Waals surface area contributed by atoms with Gasteiger partial charge >= 0.3 is 0 Å². The van der Waals surface area contributed by atoms with Crippen LogP contribution in [0, 0.1) is 17.2 Å². The second-order valence-electron chi connectivity index (χ2n) is 6.65. The fraction of sp³-hybridized carbons (Fsp3) is 0.875. The van der Waals surface area contributed by atoms with Crippen molar-refractivity contribution in [1.82, 2.24) is 10.2 Å². The summed E-state index contributed by atoms with van der Waals surface area (Å²) in [6.07, 6.45) is 4.18. The van der Waals surface area contributed by atoms with Gasteiger partial charge in [-0.3, -0.25) is 9.69 Å². The standard InChI is InChI=1S/C16H30N4O/c1-5-20(14-8-6-13(18)7-9-14)10-15(21)19-16(4,11-17)12(2)3/h12-14H,5-10,18H2,1-4H3,(H,19,21). The molecule has 1 aliphatic rings. The topological polar surface area (TPSA) is 82.2 Å². The van der Waals surface area contributed by atoms with E-state index < -0.39 is 5.54 Å². The van der Waals surface area contributed by atoms with Crippen LogP contribution in [0.3, 0.4) is 0 Å². The number of hydrogen-bond donors (Lipinski definition) is 2. The van der Waals surface area contributed by atoms with Crippen molar-refractivity contribution in [2.24, 2.45) is 11.7 Å². The second kappa shape index (κ2) is 7.77. The summed E-state index contributed by atoms with van der Waals surface area (Å²) in [5, 5.41) is 12.2. The predicted octanol–water partition coefficient (Wildman–Crippen LogP) is 1.63. The Morgan fingerprint density at radius 3 is 2.43 bits per heavy atom. The smallest absolute Gasteiger partial charge is 0.235 e. The predicted molar refractivity (Wildman–Crippen MR) is 84.5 cm³/mol. The molecule has 0 aromatic heterocycles. The maximum Gasteiger partial charge on any atom is 0.235 e. The molecule has 1 amide bonds. The van der Waals surface area contributed by atoms with Crippen molar-refractivity contribution in [1.29, 1.82) is 5.26 Å². The van der Waals surface area contributed by atoms with Crippen molar-refractivity contribution in [3.63, 3.8) is 0 Å². The molecule has 120 valence electrons. The first-order chi connectivity index (χ1) is 9.82. The van der Waals surface area contributed by atoms with Crippen molar-refractivity contribution in [3.8, 4) is 6.07 Å². The van der Waals surface area contributed by atoms with Crippen LogP contribution in [0.2, 0.25) is 0 Å². The van der Waals surface area contributed by atoms with Crippen LogP contribution in [0.25, 0.3) is 0 Å². The Kier molecular flexibility index (Phi) is 6.63. The van der Waals surface area contributed by atoms with E-state index in [-0.39, 0.29) is 11.8 Å². The zero-order chi connectivity index (χ0) is 16.0. The van der Waals surface area contributed by atoms with E-state index in [0.717, 1.165) is 32.2 Å². The number of hydrogen-bond acceptors (Lipinski definition) is 4. The van der Waals surface area contributed by atoms with Gasteiger partial charge in [-0.25, -0.2) is 0 Å². The van der Waals surface area contributed by atoms with Crippen LogP contribution in [0.5, 0.6) is 0 Å². The van der Waals surface area contributed by atoms with Crippen molar-refractivity contribution in [2.45, 2.75) is 71.0 Å². The molecule has 1 atom stereocenters. The van der Waals surface area contributed by atoms with E-state index in [9.17, 15) is 10.1 Å². The zero-order valence-corrected chi connectivity index (χ0v) is 13.9. The molecule has 1 unspecified atom stereocenters. The van der Waals surface area contributed by atoms with Crippen LogP contribution in [0.15, 0.2) is 0 Å². The molecule has 0 saturated heterocycles. The number of carbonyl (C=O) groups is 1. The first kappa shape index (κ1) is 17.9. The van der Waals surface area contributed by atoms with Crippen LogP contribution in [0.4, 0.5) is 0 Å². The average Bonchev–Trinajstić information content (AvgIpc) is 2.45. The minimum Gasteiger partial charge on any atom is -0.337 e. The highest BCUT2D eigenvalue weighted by molar-refractivity contribution is 5.79. The summed E-state index contributed by atoms with van der Waals surface area (Å²) in [6, 6.07) is 2.97. The van der Waals surface area contributed by atoms with Crippen LogP contribution < -0.4 is 11.1 Å². The molecule has 0 spiro atoms. The fourth-order valence-corrected chi connectivity index (χ4v) is 2.78. The molecule has 0 radical (unpaired) electrons. The molecular weight excluding hydrogens is 264 g/mol.